The van der Waals surface area contributed by atoms with Gasteiger partial charge in [-0.3, -0.25) is 9.36 Å². The van der Waals surface area contributed by atoms with Crippen LogP contribution in [-0.4, -0.2) is 50.3 Å². The average Bonchev–Trinajstić information content (AvgIpc) is 3.23. The molecule has 1 atom stereocenters. The summed E-state index contributed by atoms with van der Waals surface area (Å²) in [6.07, 6.45) is 4.54. The third kappa shape index (κ3) is 3.44. The molecule has 2 aromatic heterocycles. The van der Waals surface area contributed by atoms with Gasteiger partial charge in [0.2, 0.25) is 0 Å². The molecule has 1 saturated heterocycles. The van der Waals surface area contributed by atoms with Crippen molar-refractivity contribution < 1.29 is 9.53 Å². The second-order valence-corrected chi connectivity index (χ2v) is 6.37. The second kappa shape index (κ2) is 7.23. The highest BCUT2D eigenvalue weighted by molar-refractivity contribution is 6.30. The minimum absolute atomic E-state index is 0.0519. The first-order chi connectivity index (χ1) is 12.7. The number of aromatic nitrogens is 4. The predicted octanol–water partition coefficient (Wildman–Crippen LogP) is 2.53. The summed E-state index contributed by atoms with van der Waals surface area (Å²) in [7, 11) is 0. The van der Waals surface area contributed by atoms with E-state index in [1.165, 1.54) is 0 Å². The normalized spacial score (nSPS) is 17.3. The monoisotopic (exact) mass is 369 g/mol. The first-order valence-electron chi connectivity index (χ1n) is 8.18. The number of halogens is 1. The molecule has 1 amide bonds. The highest BCUT2D eigenvalue weighted by Gasteiger charge is 2.26. The van der Waals surface area contributed by atoms with Crippen molar-refractivity contribution in [3.05, 3.63) is 71.4 Å². The van der Waals surface area contributed by atoms with Crippen LogP contribution in [0.2, 0.25) is 5.02 Å². The Kier molecular flexibility index (Phi) is 4.64. The van der Waals surface area contributed by atoms with Gasteiger partial charge >= 0.3 is 0 Å². The molecular weight excluding hydrogens is 354 g/mol. The molecule has 1 aliphatic heterocycles. The molecule has 4 rings (SSSR count). The van der Waals surface area contributed by atoms with E-state index in [4.69, 9.17) is 16.3 Å². The van der Waals surface area contributed by atoms with Crippen LogP contribution in [0.25, 0.3) is 5.82 Å². The molecule has 1 aliphatic rings. The Morgan fingerprint density at radius 2 is 1.92 bits per heavy atom. The zero-order chi connectivity index (χ0) is 17.9. The molecule has 7 nitrogen and oxygen atoms in total. The van der Waals surface area contributed by atoms with E-state index >= 15 is 0 Å². The summed E-state index contributed by atoms with van der Waals surface area (Å²) in [5.41, 5.74) is 1.58. The molecule has 1 unspecified atom stereocenters. The maximum absolute atomic E-state index is 12.9. The van der Waals surface area contributed by atoms with Crippen molar-refractivity contribution >= 4 is 17.5 Å². The quantitative estimate of drug-likeness (QED) is 0.709. The topological polar surface area (TPSA) is 73.1 Å². The largest absolute Gasteiger partial charge is 0.370 e. The Labute approximate surface area is 155 Å². The van der Waals surface area contributed by atoms with Crippen LogP contribution in [0.15, 0.2) is 55.2 Å². The zero-order valence-corrected chi connectivity index (χ0v) is 14.6. The van der Waals surface area contributed by atoms with Crippen molar-refractivity contribution in [1.29, 1.82) is 0 Å². The van der Waals surface area contributed by atoms with E-state index in [1.807, 2.05) is 24.3 Å². The minimum Gasteiger partial charge on any atom is -0.370 e. The van der Waals surface area contributed by atoms with Crippen molar-refractivity contribution in [2.24, 2.45) is 0 Å². The lowest BCUT2D eigenvalue weighted by atomic mass is 10.1. The lowest BCUT2D eigenvalue weighted by molar-refractivity contribution is -0.0228. The number of rotatable bonds is 3. The molecule has 132 valence electrons. The van der Waals surface area contributed by atoms with Crippen LogP contribution in [0.5, 0.6) is 0 Å². The summed E-state index contributed by atoms with van der Waals surface area (Å²) >= 11 is 5.94. The molecule has 0 N–H and O–H groups in total. The summed E-state index contributed by atoms with van der Waals surface area (Å²) in [5, 5.41) is 8.21. The molecule has 0 saturated carbocycles. The van der Waals surface area contributed by atoms with Crippen LogP contribution in [0.4, 0.5) is 0 Å². The van der Waals surface area contributed by atoms with E-state index in [1.54, 1.807) is 40.5 Å². The number of carbonyl (C=O) groups is 1. The van der Waals surface area contributed by atoms with Gasteiger partial charge in [0.25, 0.3) is 5.91 Å². The van der Waals surface area contributed by atoms with Crippen LogP contribution < -0.4 is 0 Å². The van der Waals surface area contributed by atoms with Crippen molar-refractivity contribution in [2.75, 3.05) is 19.7 Å². The van der Waals surface area contributed by atoms with E-state index in [9.17, 15) is 4.79 Å². The van der Waals surface area contributed by atoms with Crippen molar-refractivity contribution in [2.45, 2.75) is 6.10 Å². The molecule has 1 fully saturated rings. The summed E-state index contributed by atoms with van der Waals surface area (Å²) < 4.78 is 7.49. The minimum atomic E-state index is -0.163. The van der Waals surface area contributed by atoms with Crippen molar-refractivity contribution in [3.63, 3.8) is 0 Å². The summed E-state index contributed by atoms with van der Waals surface area (Å²) in [6.45, 7) is 1.53. The fourth-order valence-electron chi connectivity index (χ4n) is 2.91. The molecule has 0 bridgehead atoms. The number of amides is 1. The van der Waals surface area contributed by atoms with E-state index < -0.39 is 0 Å². The van der Waals surface area contributed by atoms with Gasteiger partial charge in [0.1, 0.15) is 24.6 Å². The first-order valence-corrected chi connectivity index (χ1v) is 8.56. The molecule has 8 heteroatoms. The predicted molar refractivity (Wildman–Crippen MR) is 95.2 cm³/mol. The smallest absolute Gasteiger partial charge is 0.254 e. The Hall–Kier alpha value is -2.77. The van der Waals surface area contributed by atoms with Gasteiger partial charge in [-0.2, -0.15) is 0 Å². The van der Waals surface area contributed by atoms with E-state index in [-0.39, 0.29) is 12.0 Å². The summed E-state index contributed by atoms with van der Waals surface area (Å²) in [4.78, 5) is 19.0. The third-order valence-electron chi connectivity index (χ3n) is 4.27. The Balaban J connectivity index is 1.52. The number of nitrogens with zero attached hydrogens (tertiary/aromatic N) is 5. The fraction of sp³-hybridized carbons (Fsp3) is 0.222. The number of pyridine rings is 1. The Morgan fingerprint density at radius 1 is 1.15 bits per heavy atom. The van der Waals surface area contributed by atoms with E-state index in [0.717, 1.165) is 5.56 Å². The van der Waals surface area contributed by atoms with Gasteiger partial charge in [-0.1, -0.05) is 23.7 Å². The zero-order valence-electron chi connectivity index (χ0n) is 13.8. The highest BCUT2D eigenvalue weighted by Crippen LogP contribution is 2.24. The molecule has 3 aromatic rings. The number of benzene rings is 1. The van der Waals surface area contributed by atoms with Gasteiger partial charge in [-0.15, -0.1) is 10.2 Å². The van der Waals surface area contributed by atoms with E-state index in [0.29, 0.717) is 36.1 Å². The van der Waals surface area contributed by atoms with Crippen LogP contribution in [0, 0.1) is 0 Å². The lowest BCUT2D eigenvalue weighted by Gasteiger charge is -2.33. The Morgan fingerprint density at radius 3 is 2.69 bits per heavy atom. The average molecular weight is 370 g/mol. The number of hydrogen-bond acceptors (Lipinski definition) is 5. The lowest BCUT2D eigenvalue weighted by Crippen LogP contribution is -2.42. The van der Waals surface area contributed by atoms with Crippen LogP contribution in [0.3, 0.4) is 0 Å². The number of hydrogen-bond donors (Lipinski definition) is 0. The molecule has 3 heterocycles. The molecule has 0 spiro atoms. The maximum atomic E-state index is 12.9. The van der Waals surface area contributed by atoms with Crippen LogP contribution in [0.1, 0.15) is 22.0 Å². The van der Waals surface area contributed by atoms with Crippen LogP contribution in [-0.2, 0) is 4.74 Å². The highest BCUT2D eigenvalue weighted by atomic mass is 35.5. The fourth-order valence-corrected chi connectivity index (χ4v) is 3.03. The van der Waals surface area contributed by atoms with Crippen molar-refractivity contribution in [3.8, 4) is 5.82 Å². The van der Waals surface area contributed by atoms with Gasteiger partial charge in [0, 0.05) is 23.3 Å². The second-order valence-electron chi connectivity index (χ2n) is 5.93. The van der Waals surface area contributed by atoms with Gasteiger partial charge < -0.3 is 9.64 Å². The molecule has 0 radical (unpaired) electrons. The molecule has 26 heavy (non-hydrogen) atoms. The van der Waals surface area contributed by atoms with Gasteiger partial charge in [0.05, 0.1) is 13.2 Å². The van der Waals surface area contributed by atoms with Gasteiger partial charge in [-0.05, 0) is 29.8 Å². The van der Waals surface area contributed by atoms with E-state index in [2.05, 4.69) is 15.2 Å². The standard InChI is InChI=1S/C18H16ClN5O2/c19-15-3-1-13(2-4-15)16-10-23(7-8-26-16)18(25)14-5-6-20-17(9-14)24-11-21-22-12-24/h1-6,9,11-12,16H,7-8,10H2. The van der Waals surface area contributed by atoms with Gasteiger partial charge in [-0.25, -0.2) is 4.98 Å². The first kappa shape index (κ1) is 16.7. The maximum Gasteiger partial charge on any atom is 0.254 e. The van der Waals surface area contributed by atoms with Crippen LogP contribution >= 0.6 is 11.6 Å². The summed E-state index contributed by atoms with van der Waals surface area (Å²) in [6, 6.07) is 11.0. The Bertz CT molecular complexity index is 898. The molecule has 0 aliphatic carbocycles. The number of carbonyl (C=O) groups excluding carboxylic acids is 1. The van der Waals surface area contributed by atoms with Crippen molar-refractivity contribution in [1.82, 2.24) is 24.6 Å². The number of ether oxygens (including phenoxy) is 1. The number of morpholine rings is 1. The SMILES string of the molecule is O=C(c1ccnc(-n2cnnc2)c1)N1CCOC(c2ccc(Cl)cc2)C1. The molecular formula is C18H16ClN5O2. The molecule has 1 aromatic carbocycles. The third-order valence-corrected chi connectivity index (χ3v) is 4.52. The van der Waals surface area contributed by atoms with Gasteiger partial charge in [0.15, 0.2) is 0 Å². The summed E-state index contributed by atoms with van der Waals surface area (Å²) in [5.74, 6) is 0.548.